The van der Waals surface area contributed by atoms with Crippen LogP contribution in [0.3, 0.4) is 0 Å². The van der Waals surface area contributed by atoms with E-state index in [4.69, 9.17) is 11.6 Å². The third-order valence-electron chi connectivity index (χ3n) is 4.22. The van der Waals surface area contributed by atoms with Crippen LogP contribution in [0, 0.1) is 0 Å². The Morgan fingerprint density at radius 3 is 2.67 bits per heavy atom. The van der Waals surface area contributed by atoms with Crippen molar-refractivity contribution in [2.24, 2.45) is 4.99 Å². The third-order valence-corrected chi connectivity index (χ3v) is 6.21. The SMILES string of the molecule is CCS(=O)C1CCCC(NC(=NC)NCc2ccc(Cl)cc2)C1.I. The zero-order valence-corrected chi connectivity index (χ0v) is 18.2. The number of nitrogens with zero attached hydrogens (tertiary/aromatic N) is 1. The van der Waals surface area contributed by atoms with Crippen molar-refractivity contribution in [2.75, 3.05) is 12.8 Å². The maximum absolute atomic E-state index is 12.0. The van der Waals surface area contributed by atoms with Crippen LogP contribution in [0.4, 0.5) is 0 Å². The molecule has 0 aromatic heterocycles. The van der Waals surface area contributed by atoms with Gasteiger partial charge in [-0.1, -0.05) is 37.1 Å². The van der Waals surface area contributed by atoms with Crippen LogP contribution in [0.5, 0.6) is 0 Å². The number of nitrogens with one attached hydrogen (secondary N) is 2. The predicted molar refractivity (Wildman–Crippen MR) is 115 cm³/mol. The average Bonchev–Trinajstić information content (AvgIpc) is 2.59. The van der Waals surface area contributed by atoms with Gasteiger partial charge in [-0.2, -0.15) is 0 Å². The second-order valence-electron chi connectivity index (χ2n) is 5.85. The van der Waals surface area contributed by atoms with Gasteiger partial charge < -0.3 is 10.6 Å². The maximum Gasteiger partial charge on any atom is 0.191 e. The predicted octanol–water partition coefficient (Wildman–Crippen LogP) is 3.70. The lowest BCUT2D eigenvalue weighted by molar-refractivity contribution is 0.413. The quantitative estimate of drug-likeness (QED) is 0.381. The lowest BCUT2D eigenvalue weighted by Crippen LogP contribution is -2.46. The van der Waals surface area contributed by atoms with Gasteiger partial charge in [0.25, 0.3) is 0 Å². The van der Waals surface area contributed by atoms with E-state index in [1.165, 1.54) is 0 Å². The van der Waals surface area contributed by atoms with E-state index in [-0.39, 0.29) is 24.0 Å². The highest BCUT2D eigenvalue weighted by atomic mass is 127. The first kappa shape index (κ1) is 21.7. The van der Waals surface area contributed by atoms with E-state index in [9.17, 15) is 4.21 Å². The molecule has 1 aromatic carbocycles. The molecule has 3 atom stereocenters. The molecule has 4 nitrogen and oxygen atoms in total. The zero-order chi connectivity index (χ0) is 16.7. The van der Waals surface area contributed by atoms with E-state index >= 15 is 0 Å². The minimum atomic E-state index is -0.699. The summed E-state index contributed by atoms with van der Waals surface area (Å²) < 4.78 is 12.0. The molecule has 7 heteroatoms. The van der Waals surface area contributed by atoms with E-state index in [1.54, 1.807) is 7.05 Å². The number of benzene rings is 1. The molecule has 24 heavy (non-hydrogen) atoms. The molecular weight excluding hydrogens is 457 g/mol. The van der Waals surface area contributed by atoms with Crippen LogP contribution in [-0.2, 0) is 17.3 Å². The van der Waals surface area contributed by atoms with Gasteiger partial charge in [0.1, 0.15) is 0 Å². The van der Waals surface area contributed by atoms with Gasteiger partial charge in [-0.15, -0.1) is 24.0 Å². The Morgan fingerprint density at radius 1 is 1.33 bits per heavy atom. The van der Waals surface area contributed by atoms with Gasteiger partial charge in [-0.3, -0.25) is 9.20 Å². The standard InChI is InChI=1S/C17H26ClN3OS.HI/c1-3-23(22)16-6-4-5-15(11-16)21-17(19-2)20-12-13-7-9-14(18)10-8-13;/h7-10,15-16H,3-6,11-12H2,1-2H3,(H2,19,20,21);1H. The fourth-order valence-corrected chi connectivity index (χ4v) is 4.40. The molecule has 0 heterocycles. The first-order valence-corrected chi connectivity index (χ1v) is 9.97. The second-order valence-corrected chi connectivity index (χ2v) is 8.29. The summed E-state index contributed by atoms with van der Waals surface area (Å²) in [4.78, 5) is 4.30. The summed E-state index contributed by atoms with van der Waals surface area (Å²) in [7, 11) is 1.08. The summed E-state index contributed by atoms with van der Waals surface area (Å²) in [5, 5.41) is 7.87. The minimum absolute atomic E-state index is 0. The molecule has 2 N–H and O–H groups in total. The van der Waals surface area contributed by atoms with E-state index in [0.29, 0.717) is 17.8 Å². The van der Waals surface area contributed by atoms with Gasteiger partial charge >= 0.3 is 0 Å². The molecule has 136 valence electrons. The lowest BCUT2D eigenvalue weighted by Gasteiger charge is -2.30. The van der Waals surface area contributed by atoms with E-state index in [1.807, 2.05) is 31.2 Å². The number of rotatable bonds is 5. The van der Waals surface area contributed by atoms with Crippen LogP contribution in [0.2, 0.25) is 5.02 Å². The van der Waals surface area contributed by atoms with E-state index < -0.39 is 10.8 Å². The summed E-state index contributed by atoms with van der Waals surface area (Å²) >= 11 is 5.90. The Morgan fingerprint density at radius 2 is 2.04 bits per heavy atom. The molecule has 2 rings (SSSR count). The van der Waals surface area contributed by atoms with Crippen molar-refractivity contribution in [3.05, 3.63) is 34.9 Å². The third kappa shape index (κ3) is 6.88. The Balaban J connectivity index is 0.00000288. The van der Waals surface area contributed by atoms with E-state index in [0.717, 1.165) is 48.0 Å². The van der Waals surface area contributed by atoms with Crippen molar-refractivity contribution in [1.82, 2.24) is 10.6 Å². The molecule has 1 aromatic rings. The first-order valence-electron chi connectivity index (χ1n) is 8.21. The highest BCUT2D eigenvalue weighted by molar-refractivity contribution is 14.0. The molecule has 1 fully saturated rings. The van der Waals surface area contributed by atoms with E-state index in [2.05, 4.69) is 15.6 Å². The normalized spacial score (nSPS) is 22.4. The molecule has 0 radical (unpaired) electrons. The molecule has 1 aliphatic carbocycles. The summed E-state index contributed by atoms with van der Waals surface area (Å²) in [5.74, 6) is 1.55. The molecular formula is C17H27ClIN3OS. The molecule has 0 aliphatic heterocycles. The number of aliphatic imine (C=N–C) groups is 1. The van der Waals surface area contributed by atoms with Gasteiger partial charge in [-0.05, 0) is 37.0 Å². The topological polar surface area (TPSA) is 53.5 Å². The highest BCUT2D eigenvalue weighted by Crippen LogP contribution is 2.23. The average molecular weight is 484 g/mol. The maximum atomic E-state index is 12.0. The van der Waals surface area contributed by atoms with Crippen molar-refractivity contribution >= 4 is 52.3 Å². The zero-order valence-electron chi connectivity index (χ0n) is 14.3. The van der Waals surface area contributed by atoms with Gasteiger partial charge in [0.2, 0.25) is 0 Å². The van der Waals surface area contributed by atoms with Gasteiger partial charge in [-0.25, -0.2) is 0 Å². The minimum Gasteiger partial charge on any atom is -0.354 e. The summed E-state index contributed by atoms with van der Waals surface area (Å²) in [5.41, 5.74) is 1.16. The van der Waals surface area contributed by atoms with Crippen LogP contribution >= 0.6 is 35.6 Å². The summed E-state index contributed by atoms with van der Waals surface area (Å²) in [6.45, 7) is 2.70. The smallest absolute Gasteiger partial charge is 0.191 e. The van der Waals surface area contributed by atoms with Crippen LogP contribution < -0.4 is 10.6 Å². The van der Waals surface area contributed by atoms with Crippen molar-refractivity contribution in [1.29, 1.82) is 0 Å². The molecule has 1 aliphatic rings. The summed E-state index contributed by atoms with van der Waals surface area (Å²) in [6, 6.07) is 8.13. The van der Waals surface area contributed by atoms with Crippen molar-refractivity contribution in [3.8, 4) is 0 Å². The van der Waals surface area contributed by atoms with Crippen LogP contribution in [0.1, 0.15) is 38.2 Å². The fourth-order valence-electron chi connectivity index (χ4n) is 2.93. The largest absolute Gasteiger partial charge is 0.354 e. The molecule has 0 spiro atoms. The Hall–Kier alpha value is -0.340. The van der Waals surface area contributed by atoms with Crippen LogP contribution in [-0.4, -0.2) is 34.3 Å². The lowest BCUT2D eigenvalue weighted by atomic mass is 9.95. The monoisotopic (exact) mass is 483 g/mol. The Labute approximate surface area is 169 Å². The number of halogens is 2. The summed E-state index contributed by atoms with van der Waals surface area (Å²) in [6.07, 6.45) is 4.28. The fraction of sp³-hybridized carbons (Fsp3) is 0.588. The van der Waals surface area contributed by atoms with Crippen LogP contribution in [0.25, 0.3) is 0 Å². The van der Waals surface area contributed by atoms with Crippen molar-refractivity contribution in [2.45, 2.75) is 50.4 Å². The molecule has 3 unspecified atom stereocenters. The van der Waals surface area contributed by atoms with Crippen molar-refractivity contribution < 1.29 is 4.21 Å². The van der Waals surface area contributed by atoms with Gasteiger partial charge in [0.05, 0.1) is 0 Å². The van der Waals surface area contributed by atoms with Crippen molar-refractivity contribution in [3.63, 3.8) is 0 Å². The highest BCUT2D eigenvalue weighted by Gasteiger charge is 2.25. The molecule has 0 bridgehead atoms. The van der Waals surface area contributed by atoms with Gasteiger partial charge in [0.15, 0.2) is 5.96 Å². The molecule has 0 amide bonds. The number of hydrogen-bond donors (Lipinski definition) is 2. The Bertz CT molecular complexity index is 553. The van der Waals surface area contributed by atoms with Gasteiger partial charge in [0, 0.05) is 46.5 Å². The number of guanidine groups is 1. The van der Waals surface area contributed by atoms with Crippen LogP contribution in [0.15, 0.2) is 29.3 Å². The molecule has 0 saturated heterocycles. The second kappa shape index (κ2) is 11.3. The number of hydrogen-bond acceptors (Lipinski definition) is 2. The molecule has 1 saturated carbocycles. The Kier molecular flexibility index (Phi) is 10.2. The first-order chi connectivity index (χ1) is 11.1.